The molecule has 0 aliphatic rings. The lowest BCUT2D eigenvalue weighted by molar-refractivity contribution is 0.444. The molecule has 1 heterocycles. The van der Waals surface area contributed by atoms with E-state index in [1.54, 1.807) is 6.20 Å². The van der Waals surface area contributed by atoms with Gasteiger partial charge in [0.25, 0.3) is 0 Å². The van der Waals surface area contributed by atoms with Crippen LogP contribution in [0.1, 0.15) is 31.1 Å². The lowest BCUT2D eigenvalue weighted by Gasteiger charge is -2.21. The van der Waals surface area contributed by atoms with Gasteiger partial charge in [-0.05, 0) is 18.9 Å². The molecule has 18 heavy (non-hydrogen) atoms. The van der Waals surface area contributed by atoms with Gasteiger partial charge in [-0.3, -0.25) is 4.79 Å². The van der Waals surface area contributed by atoms with Crippen molar-refractivity contribution >= 4 is 0 Å². The van der Waals surface area contributed by atoms with Crippen LogP contribution in [0, 0.1) is 0 Å². The average molecular weight is 243 g/mol. The van der Waals surface area contributed by atoms with E-state index in [0.29, 0.717) is 12.1 Å². The number of pyridine rings is 1. The molecule has 0 bridgehead atoms. The fraction of sp³-hybridized carbons (Fsp3) is 0.267. The van der Waals surface area contributed by atoms with Gasteiger partial charge in [-0.25, -0.2) is 0 Å². The molecule has 1 unspecified atom stereocenters. The molecule has 0 radical (unpaired) electrons. The molecule has 0 aliphatic heterocycles. The quantitative estimate of drug-likeness (QED) is 0.900. The van der Waals surface area contributed by atoms with Crippen LogP contribution in [0.4, 0.5) is 0 Å². The maximum atomic E-state index is 11.4. The fourth-order valence-electron chi connectivity index (χ4n) is 2.19. The molecule has 0 amide bonds. The first-order chi connectivity index (χ1) is 8.65. The van der Waals surface area contributed by atoms with Crippen LogP contribution in [0.2, 0.25) is 0 Å². The van der Waals surface area contributed by atoms with Crippen molar-refractivity contribution < 1.29 is 5.11 Å². The van der Waals surface area contributed by atoms with E-state index in [-0.39, 0.29) is 17.2 Å². The van der Waals surface area contributed by atoms with Gasteiger partial charge in [0.2, 0.25) is 5.43 Å². The highest BCUT2D eigenvalue weighted by Gasteiger charge is 2.13. The maximum absolute atomic E-state index is 11.4. The third kappa shape index (κ3) is 2.16. The van der Waals surface area contributed by atoms with E-state index in [4.69, 9.17) is 0 Å². The monoisotopic (exact) mass is 243 g/mol. The lowest BCUT2D eigenvalue weighted by atomic mass is 10.1. The summed E-state index contributed by atoms with van der Waals surface area (Å²) in [5, 5.41) is 9.84. The summed E-state index contributed by atoms with van der Waals surface area (Å²) in [5.74, 6) is -0.136. The number of rotatable bonds is 3. The smallest absolute Gasteiger partial charge is 0.223 e. The Balaban J connectivity index is 2.52. The van der Waals surface area contributed by atoms with E-state index in [1.807, 2.05) is 41.8 Å². The summed E-state index contributed by atoms with van der Waals surface area (Å²) in [6.45, 7) is 3.99. The van der Waals surface area contributed by atoms with E-state index in [2.05, 4.69) is 6.92 Å². The van der Waals surface area contributed by atoms with Gasteiger partial charge in [-0.1, -0.05) is 37.3 Å². The SMILES string of the molecule is CCc1c(O)c(=O)ccn1C(C)c1ccccc1. The number of hydrogen-bond donors (Lipinski definition) is 1. The minimum absolute atomic E-state index is 0.0904. The van der Waals surface area contributed by atoms with Gasteiger partial charge in [0, 0.05) is 12.3 Å². The Morgan fingerprint density at radius 3 is 2.50 bits per heavy atom. The second-order valence-electron chi connectivity index (χ2n) is 4.32. The normalized spacial score (nSPS) is 12.3. The van der Waals surface area contributed by atoms with E-state index in [9.17, 15) is 9.90 Å². The van der Waals surface area contributed by atoms with Crippen LogP contribution in [0.3, 0.4) is 0 Å². The minimum atomic E-state index is -0.316. The molecule has 1 atom stereocenters. The van der Waals surface area contributed by atoms with Crippen LogP contribution in [0.15, 0.2) is 47.4 Å². The highest BCUT2D eigenvalue weighted by Crippen LogP contribution is 2.22. The van der Waals surface area contributed by atoms with Crippen molar-refractivity contribution in [1.82, 2.24) is 4.57 Å². The predicted molar refractivity (Wildman–Crippen MR) is 72.0 cm³/mol. The van der Waals surface area contributed by atoms with Crippen LogP contribution >= 0.6 is 0 Å². The first-order valence-electron chi connectivity index (χ1n) is 6.13. The first kappa shape index (κ1) is 12.4. The van der Waals surface area contributed by atoms with Crippen molar-refractivity contribution in [3.8, 4) is 5.75 Å². The second-order valence-corrected chi connectivity index (χ2v) is 4.32. The van der Waals surface area contributed by atoms with Gasteiger partial charge in [-0.15, -0.1) is 0 Å². The topological polar surface area (TPSA) is 42.2 Å². The molecule has 2 aromatic rings. The molecule has 0 saturated heterocycles. The van der Waals surface area contributed by atoms with Crippen LogP contribution < -0.4 is 5.43 Å². The third-order valence-corrected chi connectivity index (χ3v) is 3.24. The van der Waals surface area contributed by atoms with Gasteiger partial charge in [-0.2, -0.15) is 0 Å². The lowest BCUT2D eigenvalue weighted by Crippen LogP contribution is -2.16. The van der Waals surface area contributed by atoms with Crippen molar-refractivity contribution in [3.63, 3.8) is 0 Å². The summed E-state index contributed by atoms with van der Waals surface area (Å²) in [4.78, 5) is 11.4. The first-order valence-corrected chi connectivity index (χ1v) is 6.13. The summed E-state index contributed by atoms with van der Waals surface area (Å²) in [7, 11) is 0. The van der Waals surface area contributed by atoms with Crippen LogP contribution in [-0.2, 0) is 6.42 Å². The van der Waals surface area contributed by atoms with E-state index < -0.39 is 0 Å². The van der Waals surface area contributed by atoms with Crippen molar-refractivity contribution in [2.45, 2.75) is 26.3 Å². The molecular formula is C15H17NO2. The van der Waals surface area contributed by atoms with Gasteiger partial charge >= 0.3 is 0 Å². The number of aromatic hydroxyl groups is 1. The zero-order valence-corrected chi connectivity index (χ0v) is 10.6. The molecule has 3 heteroatoms. The molecule has 0 aliphatic carbocycles. The van der Waals surface area contributed by atoms with Crippen LogP contribution in [-0.4, -0.2) is 9.67 Å². The van der Waals surface area contributed by atoms with Gasteiger partial charge in [0.1, 0.15) is 0 Å². The molecule has 1 aromatic heterocycles. The van der Waals surface area contributed by atoms with Gasteiger partial charge < -0.3 is 9.67 Å². The van der Waals surface area contributed by atoms with Crippen molar-refractivity contribution in [1.29, 1.82) is 0 Å². The largest absolute Gasteiger partial charge is 0.503 e. The Bertz CT molecular complexity index is 587. The molecule has 2 rings (SSSR count). The van der Waals surface area contributed by atoms with E-state index in [0.717, 1.165) is 5.56 Å². The summed E-state index contributed by atoms with van der Waals surface area (Å²) in [6.07, 6.45) is 2.37. The van der Waals surface area contributed by atoms with Crippen LogP contribution in [0.5, 0.6) is 5.75 Å². The van der Waals surface area contributed by atoms with Crippen molar-refractivity contribution in [2.75, 3.05) is 0 Å². The average Bonchev–Trinajstić information content (AvgIpc) is 2.42. The summed E-state index contributed by atoms with van der Waals surface area (Å²) in [5.41, 5.74) is 1.51. The number of hydrogen-bond acceptors (Lipinski definition) is 2. The highest BCUT2D eigenvalue weighted by molar-refractivity contribution is 5.29. The standard InChI is InChI=1S/C15H17NO2/c1-3-13-15(18)14(17)9-10-16(13)11(2)12-7-5-4-6-8-12/h4-11,18H,3H2,1-2H3. The highest BCUT2D eigenvalue weighted by atomic mass is 16.3. The summed E-state index contributed by atoms with van der Waals surface area (Å²) >= 11 is 0. The summed E-state index contributed by atoms with van der Waals surface area (Å²) in [6, 6.07) is 11.5. The Morgan fingerprint density at radius 1 is 1.22 bits per heavy atom. The predicted octanol–water partition coefficient (Wildman–Crippen LogP) is 2.73. The molecule has 0 fully saturated rings. The molecule has 0 spiro atoms. The zero-order chi connectivity index (χ0) is 13.1. The van der Waals surface area contributed by atoms with Gasteiger partial charge in [0.15, 0.2) is 5.75 Å². The Hall–Kier alpha value is -2.03. The molecular weight excluding hydrogens is 226 g/mol. The molecule has 94 valence electrons. The van der Waals surface area contributed by atoms with E-state index in [1.165, 1.54) is 6.07 Å². The second kappa shape index (κ2) is 5.08. The molecule has 1 N–H and O–H groups in total. The van der Waals surface area contributed by atoms with Crippen molar-refractivity contribution in [3.05, 3.63) is 64.1 Å². The Labute approximate surface area is 106 Å². The minimum Gasteiger partial charge on any atom is -0.503 e. The number of benzene rings is 1. The molecule has 3 nitrogen and oxygen atoms in total. The number of nitrogens with zero attached hydrogens (tertiary/aromatic N) is 1. The Morgan fingerprint density at radius 2 is 1.89 bits per heavy atom. The zero-order valence-electron chi connectivity index (χ0n) is 10.6. The molecule has 0 saturated carbocycles. The maximum Gasteiger partial charge on any atom is 0.223 e. The fourth-order valence-corrected chi connectivity index (χ4v) is 2.19. The number of aromatic nitrogens is 1. The van der Waals surface area contributed by atoms with E-state index >= 15 is 0 Å². The third-order valence-electron chi connectivity index (χ3n) is 3.24. The van der Waals surface area contributed by atoms with Gasteiger partial charge in [0.05, 0.1) is 11.7 Å². The summed E-state index contributed by atoms with van der Waals surface area (Å²) < 4.78 is 1.95. The molecule has 1 aromatic carbocycles. The van der Waals surface area contributed by atoms with Crippen LogP contribution in [0.25, 0.3) is 0 Å². The van der Waals surface area contributed by atoms with Crippen molar-refractivity contribution in [2.24, 2.45) is 0 Å². The Kier molecular flexibility index (Phi) is 3.51.